The zero-order valence-corrected chi connectivity index (χ0v) is 10.4. The fourth-order valence-corrected chi connectivity index (χ4v) is 2.42. The molecule has 3 nitrogen and oxygen atoms in total. The number of hydrogen-bond acceptors (Lipinski definition) is 3. The minimum absolute atomic E-state index is 0.515. The van der Waals surface area contributed by atoms with Gasteiger partial charge in [-0.1, -0.05) is 15.9 Å². The van der Waals surface area contributed by atoms with Gasteiger partial charge < -0.3 is 14.6 Å². The lowest BCUT2D eigenvalue weighted by Gasteiger charge is -2.23. The molecule has 86 valence electrons. The number of hydrogen-bond donors (Lipinski definition) is 1. The molecule has 0 spiro atoms. The molecule has 4 heteroatoms. The van der Waals surface area contributed by atoms with Crippen LogP contribution in [0, 0.1) is 0 Å². The van der Waals surface area contributed by atoms with Crippen LogP contribution in [0.25, 0.3) is 0 Å². The van der Waals surface area contributed by atoms with Crippen LogP contribution in [0.2, 0.25) is 0 Å². The van der Waals surface area contributed by atoms with Crippen molar-refractivity contribution in [1.82, 2.24) is 0 Å². The molecule has 3 rings (SSSR count). The Morgan fingerprint density at radius 1 is 1.25 bits per heavy atom. The molecule has 1 aromatic rings. The van der Waals surface area contributed by atoms with Gasteiger partial charge in [0.2, 0.25) is 0 Å². The highest BCUT2D eigenvalue weighted by Gasteiger charge is 2.41. The van der Waals surface area contributed by atoms with Crippen LogP contribution in [0.5, 0.6) is 11.5 Å². The summed E-state index contributed by atoms with van der Waals surface area (Å²) in [4.78, 5) is 0. The highest BCUT2D eigenvalue weighted by Crippen LogP contribution is 2.45. The van der Waals surface area contributed by atoms with Crippen LogP contribution in [-0.2, 0) is 6.42 Å². The van der Waals surface area contributed by atoms with E-state index in [0.29, 0.717) is 19.6 Å². The first-order chi connectivity index (χ1) is 7.68. The maximum absolute atomic E-state index is 9.99. The van der Waals surface area contributed by atoms with Gasteiger partial charge in [-0.25, -0.2) is 0 Å². The lowest BCUT2D eigenvalue weighted by atomic mass is 10.0. The zero-order valence-electron chi connectivity index (χ0n) is 8.83. The second-order valence-electron chi connectivity index (χ2n) is 4.45. The van der Waals surface area contributed by atoms with Gasteiger partial charge in [0.25, 0.3) is 0 Å². The molecule has 0 bridgehead atoms. The van der Waals surface area contributed by atoms with E-state index in [1.165, 1.54) is 0 Å². The van der Waals surface area contributed by atoms with Crippen LogP contribution in [-0.4, -0.2) is 23.9 Å². The van der Waals surface area contributed by atoms with Crippen molar-refractivity contribution in [2.24, 2.45) is 0 Å². The van der Waals surface area contributed by atoms with Gasteiger partial charge in [0.05, 0.1) is 5.60 Å². The van der Waals surface area contributed by atoms with E-state index < -0.39 is 5.60 Å². The summed E-state index contributed by atoms with van der Waals surface area (Å²) in [6, 6.07) is 3.85. The van der Waals surface area contributed by atoms with Crippen LogP contribution in [0.1, 0.15) is 18.4 Å². The van der Waals surface area contributed by atoms with E-state index in [1.807, 2.05) is 12.1 Å². The number of rotatable bonds is 2. The summed E-state index contributed by atoms with van der Waals surface area (Å²) in [6.07, 6.45) is 2.40. The maximum Gasteiger partial charge on any atom is 0.165 e. The number of benzene rings is 1. The molecule has 1 N–H and O–H groups in total. The lowest BCUT2D eigenvalue weighted by Crippen LogP contribution is -2.19. The predicted octanol–water partition coefficient (Wildman–Crippen LogP) is 2.29. The number of ether oxygens (including phenoxy) is 2. The number of fused-ring (bicyclic) bond motifs is 1. The first-order valence-corrected chi connectivity index (χ1v) is 6.27. The topological polar surface area (TPSA) is 38.7 Å². The smallest absolute Gasteiger partial charge is 0.165 e. The zero-order chi connectivity index (χ0) is 11.2. The number of halogens is 1. The SMILES string of the molecule is OC1(Cc2c(Br)ccc3c2OCCO3)CC1. The molecule has 0 amide bonds. The molecule has 1 fully saturated rings. The maximum atomic E-state index is 9.99. The molecule has 0 radical (unpaired) electrons. The first kappa shape index (κ1) is 10.4. The van der Waals surface area contributed by atoms with E-state index in [1.54, 1.807) is 0 Å². The Balaban J connectivity index is 2.00. The normalized spacial score (nSPS) is 20.6. The van der Waals surface area contributed by atoms with E-state index in [9.17, 15) is 5.11 Å². The molecule has 1 aliphatic heterocycles. The summed E-state index contributed by atoms with van der Waals surface area (Å²) in [6.45, 7) is 1.17. The van der Waals surface area contributed by atoms with Crippen molar-refractivity contribution in [1.29, 1.82) is 0 Å². The Morgan fingerprint density at radius 2 is 2.00 bits per heavy atom. The third-order valence-electron chi connectivity index (χ3n) is 3.09. The minimum atomic E-state index is -0.515. The minimum Gasteiger partial charge on any atom is -0.486 e. The Labute approximate surface area is 102 Å². The van der Waals surface area contributed by atoms with Gasteiger partial charge in [-0.15, -0.1) is 0 Å². The van der Waals surface area contributed by atoms with E-state index in [2.05, 4.69) is 15.9 Å². The average molecular weight is 285 g/mol. The van der Waals surface area contributed by atoms with Crippen molar-refractivity contribution >= 4 is 15.9 Å². The van der Waals surface area contributed by atoms with Crippen molar-refractivity contribution in [3.63, 3.8) is 0 Å². The highest BCUT2D eigenvalue weighted by molar-refractivity contribution is 9.10. The predicted molar refractivity (Wildman–Crippen MR) is 63.0 cm³/mol. The summed E-state index contributed by atoms with van der Waals surface area (Å²) in [5.41, 5.74) is 0.510. The van der Waals surface area contributed by atoms with Crippen LogP contribution in [0.3, 0.4) is 0 Å². The summed E-state index contributed by atoms with van der Waals surface area (Å²) >= 11 is 3.51. The molecular formula is C12H13BrO3. The first-order valence-electron chi connectivity index (χ1n) is 5.47. The van der Waals surface area contributed by atoms with Crippen LogP contribution >= 0.6 is 15.9 Å². The summed E-state index contributed by atoms with van der Waals surface area (Å²) in [5.74, 6) is 1.58. The second-order valence-corrected chi connectivity index (χ2v) is 5.31. The fourth-order valence-electron chi connectivity index (χ4n) is 1.96. The molecular weight excluding hydrogens is 272 g/mol. The molecule has 1 aromatic carbocycles. The van der Waals surface area contributed by atoms with Gasteiger partial charge >= 0.3 is 0 Å². The summed E-state index contributed by atoms with van der Waals surface area (Å²) in [5, 5.41) is 9.99. The Hall–Kier alpha value is -0.740. The van der Waals surface area contributed by atoms with Gasteiger partial charge in [0.1, 0.15) is 13.2 Å². The molecule has 0 saturated heterocycles. The Morgan fingerprint density at radius 3 is 2.75 bits per heavy atom. The Kier molecular flexibility index (Phi) is 2.37. The lowest BCUT2D eigenvalue weighted by molar-refractivity contribution is 0.143. The summed E-state index contributed by atoms with van der Waals surface area (Å²) in [7, 11) is 0. The molecule has 0 unspecified atom stereocenters. The van der Waals surface area contributed by atoms with Gasteiger partial charge in [-0.3, -0.25) is 0 Å². The van der Waals surface area contributed by atoms with E-state index >= 15 is 0 Å². The van der Waals surface area contributed by atoms with Crippen LogP contribution in [0.15, 0.2) is 16.6 Å². The third-order valence-corrected chi connectivity index (χ3v) is 3.83. The molecule has 1 saturated carbocycles. The van der Waals surface area contributed by atoms with Gasteiger partial charge in [-0.05, 0) is 25.0 Å². The van der Waals surface area contributed by atoms with Crippen molar-refractivity contribution in [2.45, 2.75) is 24.9 Å². The molecule has 1 heterocycles. The van der Waals surface area contributed by atoms with E-state index in [4.69, 9.17) is 9.47 Å². The molecule has 0 atom stereocenters. The van der Waals surface area contributed by atoms with Crippen LogP contribution < -0.4 is 9.47 Å². The van der Waals surface area contributed by atoms with Crippen molar-refractivity contribution < 1.29 is 14.6 Å². The van der Waals surface area contributed by atoms with E-state index in [-0.39, 0.29) is 0 Å². The van der Waals surface area contributed by atoms with Crippen molar-refractivity contribution in [3.05, 3.63) is 22.2 Å². The Bertz CT molecular complexity index is 427. The van der Waals surface area contributed by atoms with Crippen molar-refractivity contribution in [2.75, 3.05) is 13.2 Å². The number of aliphatic hydroxyl groups is 1. The quantitative estimate of drug-likeness (QED) is 0.906. The highest BCUT2D eigenvalue weighted by atomic mass is 79.9. The standard InChI is InChI=1S/C12H13BrO3/c13-9-1-2-10-11(16-6-5-15-10)8(9)7-12(14)3-4-12/h1-2,14H,3-7H2. The van der Waals surface area contributed by atoms with Crippen molar-refractivity contribution in [3.8, 4) is 11.5 Å². The summed E-state index contributed by atoms with van der Waals surface area (Å²) < 4.78 is 12.2. The molecule has 1 aliphatic carbocycles. The van der Waals surface area contributed by atoms with E-state index in [0.717, 1.165) is 34.4 Å². The molecule has 16 heavy (non-hydrogen) atoms. The fraction of sp³-hybridized carbons (Fsp3) is 0.500. The van der Waals surface area contributed by atoms with Gasteiger partial charge in [0, 0.05) is 16.5 Å². The molecule has 0 aromatic heterocycles. The van der Waals surface area contributed by atoms with Gasteiger partial charge in [0.15, 0.2) is 11.5 Å². The molecule has 2 aliphatic rings. The largest absolute Gasteiger partial charge is 0.486 e. The second kappa shape index (κ2) is 3.64. The average Bonchev–Trinajstić information content (AvgIpc) is 3.01. The van der Waals surface area contributed by atoms with Gasteiger partial charge in [-0.2, -0.15) is 0 Å². The monoisotopic (exact) mass is 284 g/mol. The van der Waals surface area contributed by atoms with Crippen LogP contribution in [0.4, 0.5) is 0 Å². The third kappa shape index (κ3) is 1.80.